The first-order valence-corrected chi connectivity index (χ1v) is 5.17. The molecule has 2 rings (SSSR count). The second-order valence-electron chi connectivity index (χ2n) is 3.30. The number of hydrazine groups is 1. The van der Waals surface area contributed by atoms with E-state index in [0.717, 1.165) is 4.47 Å². The Labute approximate surface area is 90.0 Å². The van der Waals surface area contributed by atoms with Crippen molar-refractivity contribution in [2.75, 3.05) is 6.54 Å². The van der Waals surface area contributed by atoms with Crippen molar-refractivity contribution in [3.8, 4) is 0 Å². The molecule has 2 unspecified atom stereocenters. The second kappa shape index (κ2) is 3.94. The Morgan fingerprint density at radius 2 is 2.29 bits per heavy atom. The molecule has 14 heavy (non-hydrogen) atoms. The minimum Gasteiger partial charge on any atom is -0.325 e. The van der Waals surface area contributed by atoms with Crippen LogP contribution in [0.3, 0.4) is 0 Å². The quantitative estimate of drug-likeness (QED) is 0.707. The summed E-state index contributed by atoms with van der Waals surface area (Å²) in [6.45, 7) is 0.644. The Hall–Kier alpha value is -0.490. The summed E-state index contributed by atoms with van der Waals surface area (Å²) in [5.41, 5.74) is 12.3. The fourth-order valence-electron chi connectivity index (χ4n) is 1.61. The van der Waals surface area contributed by atoms with E-state index in [1.165, 1.54) is 6.07 Å². The van der Waals surface area contributed by atoms with Crippen molar-refractivity contribution in [2.24, 2.45) is 5.73 Å². The molecule has 1 heterocycles. The molecule has 0 bridgehead atoms. The van der Waals surface area contributed by atoms with Crippen molar-refractivity contribution < 1.29 is 4.39 Å². The van der Waals surface area contributed by atoms with Crippen molar-refractivity contribution in [3.63, 3.8) is 0 Å². The SMILES string of the molecule is NC1CNNC1c1c(F)cccc1Br. The third kappa shape index (κ3) is 1.68. The highest BCUT2D eigenvalue weighted by Gasteiger charge is 2.28. The lowest BCUT2D eigenvalue weighted by Gasteiger charge is -2.17. The lowest BCUT2D eigenvalue weighted by molar-refractivity contribution is 0.508. The summed E-state index contributed by atoms with van der Waals surface area (Å²) in [7, 11) is 0. The molecule has 0 spiro atoms. The summed E-state index contributed by atoms with van der Waals surface area (Å²) in [5, 5.41) is 0. The first-order valence-electron chi connectivity index (χ1n) is 4.38. The van der Waals surface area contributed by atoms with Gasteiger partial charge < -0.3 is 5.73 Å². The van der Waals surface area contributed by atoms with Crippen LogP contribution in [-0.2, 0) is 0 Å². The molecule has 1 aliphatic rings. The molecule has 76 valence electrons. The van der Waals surface area contributed by atoms with Crippen LogP contribution in [0.1, 0.15) is 11.6 Å². The van der Waals surface area contributed by atoms with E-state index in [-0.39, 0.29) is 17.9 Å². The predicted octanol–water partition coefficient (Wildman–Crippen LogP) is 1.06. The van der Waals surface area contributed by atoms with E-state index in [1.54, 1.807) is 6.07 Å². The average Bonchev–Trinajstić information content (AvgIpc) is 2.52. The molecule has 1 aliphatic heterocycles. The zero-order valence-corrected chi connectivity index (χ0v) is 9.01. The average molecular weight is 260 g/mol. The predicted molar refractivity (Wildman–Crippen MR) is 56.0 cm³/mol. The van der Waals surface area contributed by atoms with Crippen LogP contribution in [0.25, 0.3) is 0 Å². The zero-order chi connectivity index (χ0) is 10.1. The number of hydrogen-bond acceptors (Lipinski definition) is 3. The summed E-state index contributed by atoms with van der Waals surface area (Å²) in [6.07, 6.45) is 0. The fraction of sp³-hybridized carbons (Fsp3) is 0.333. The molecule has 1 fully saturated rings. The molecule has 1 saturated heterocycles. The highest BCUT2D eigenvalue weighted by Crippen LogP contribution is 2.28. The van der Waals surface area contributed by atoms with E-state index in [4.69, 9.17) is 5.73 Å². The lowest BCUT2D eigenvalue weighted by Crippen LogP contribution is -2.31. The van der Waals surface area contributed by atoms with Gasteiger partial charge in [0.15, 0.2) is 0 Å². The van der Waals surface area contributed by atoms with Gasteiger partial charge in [-0.15, -0.1) is 0 Å². The Kier molecular flexibility index (Phi) is 2.83. The van der Waals surface area contributed by atoms with Gasteiger partial charge in [-0.1, -0.05) is 22.0 Å². The Morgan fingerprint density at radius 1 is 1.50 bits per heavy atom. The molecule has 4 N–H and O–H groups in total. The molecule has 3 nitrogen and oxygen atoms in total. The molecule has 0 radical (unpaired) electrons. The number of nitrogens with one attached hydrogen (secondary N) is 2. The summed E-state index contributed by atoms with van der Waals surface area (Å²) in [6, 6.07) is 4.63. The molecule has 0 saturated carbocycles. The zero-order valence-electron chi connectivity index (χ0n) is 7.43. The Morgan fingerprint density at radius 3 is 2.86 bits per heavy atom. The highest BCUT2D eigenvalue weighted by atomic mass is 79.9. The van der Waals surface area contributed by atoms with Gasteiger partial charge in [0.25, 0.3) is 0 Å². The summed E-state index contributed by atoms with van der Waals surface area (Å²) < 4.78 is 14.3. The first-order chi connectivity index (χ1) is 6.70. The fourth-order valence-corrected chi connectivity index (χ4v) is 2.19. The van der Waals surface area contributed by atoms with E-state index < -0.39 is 0 Å². The monoisotopic (exact) mass is 259 g/mol. The van der Waals surface area contributed by atoms with Crippen LogP contribution < -0.4 is 16.6 Å². The lowest BCUT2D eigenvalue weighted by atomic mass is 10.0. The highest BCUT2D eigenvalue weighted by molar-refractivity contribution is 9.10. The van der Waals surface area contributed by atoms with Crippen LogP contribution in [-0.4, -0.2) is 12.6 Å². The van der Waals surface area contributed by atoms with Crippen molar-refractivity contribution in [3.05, 3.63) is 34.1 Å². The molecule has 5 heteroatoms. The number of rotatable bonds is 1. The van der Waals surface area contributed by atoms with E-state index in [1.807, 2.05) is 6.07 Å². The van der Waals surface area contributed by atoms with E-state index in [0.29, 0.717) is 12.1 Å². The molecular weight excluding hydrogens is 249 g/mol. The summed E-state index contributed by atoms with van der Waals surface area (Å²) >= 11 is 3.32. The third-order valence-corrected chi connectivity index (χ3v) is 3.03. The maximum atomic E-state index is 13.5. The van der Waals surface area contributed by atoms with Gasteiger partial charge in [-0.05, 0) is 12.1 Å². The molecule has 1 aromatic rings. The smallest absolute Gasteiger partial charge is 0.129 e. The Bertz CT molecular complexity index is 325. The van der Waals surface area contributed by atoms with Gasteiger partial charge in [0, 0.05) is 22.6 Å². The van der Waals surface area contributed by atoms with Crippen molar-refractivity contribution in [1.82, 2.24) is 10.9 Å². The maximum absolute atomic E-state index is 13.5. The molecular formula is C9H11BrFN3. The molecule has 0 amide bonds. The summed E-state index contributed by atoms with van der Waals surface area (Å²) in [5.74, 6) is -0.240. The first kappa shape index (κ1) is 10.0. The molecule has 1 aromatic carbocycles. The molecule has 0 aromatic heterocycles. The third-order valence-electron chi connectivity index (χ3n) is 2.33. The van der Waals surface area contributed by atoms with Gasteiger partial charge in [-0.2, -0.15) is 0 Å². The van der Waals surface area contributed by atoms with Crippen LogP contribution >= 0.6 is 15.9 Å². The standard InChI is InChI=1S/C9H11BrFN3/c10-5-2-1-3-6(11)8(5)9-7(12)4-13-14-9/h1-3,7,9,13-14H,4,12H2. The molecule has 0 aliphatic carbocycles. The normalized spacial score (nSPS) is 26.8. The van der Waals surface area contributed by atoms with Crippen LogP contribution in [0.4, 0.5) is 4.39 Å². The van der Waals surface area contributed by atoms with Gasteiger partial charge in [0.1, 0.15) is 5.82 Å². The molecule has 2 atom stereocenters. The van der Waals surface area contributed by atoms with Crippen LogP contribution in [0.2, 0.25) is 0 Å². The van der Waals surface area contributed by atoms with Gasteiger partial charge in [0.05, 0.1) is 6.04 Å². The maximum Gasteiger partial charge on any atom is 0.129 e. The van der Waals surface area contributed by atoms with E-state index in [9.17, 15) is 4.39 Å². The van der Waals surface area contributed by atoms with Crippen LogP contribution in [0.5, 0.6) is 0 Å². The van der Waals surface area contributed by atoms with Crippen LogP contribution in [0.15, 0.2) is 22.7 Å². The van der Waals surface area contributed by atoms with E-state index >= 15 is 0 Å². The topological polar surface area (TPSA) is 50.1 Å². The van der Waals surface area contributed by atoms with E-state index in [2.05, 4.69) is 26.8 Å². The number of hydrogen-bond donors (Lipinski definition) is 3. The van der Waals surface area contributed by atoms with Crippen molar-refractivity contribution in [2.45, 2.75) is 12.1 Å². The minimum atomic E-state index is -0.240. The Balaban J connectivity index is 2.39. The number of halogens is 2. The minimum absolute atomic E-state index is 0.108. The van der Waals surface area contributed by atoms with Crippen molar-refractivity contribution >= 4 is 15.9 Å². The van der Waals surface area contributed by atoms with Crippen molar-refractivity contribution in [1.29, 1.82) is 0 Å². The summed E-state index contributed by atoms with van der Waals surface area (Å²) in [4.78, 5) is 0. The number of benzene rings is 1. The largest absolute Gasteiger partial charge is 0.325 e. The number of nitrogens with two attached hydrogens (primary N) is 1. The van der Waals surface area contributed by atoms with Gasteiger partial charge in [-0.25, -0.2) is 9.82 Å². The van der Waals surface area contributed by atoms with Gasteiger partial charge in [-0.3, -0.25) is 5.43 Å². The van der Waals surface area contributed by atoms with Gasteiger partial charge >= 0.3 is 0 Å². The van der Waals surface area contributed by atoms with Gasteiger partial charge in [0.2, 0.25) is 0 Å². The second-order valence-corrected chi connectivity index (χ2v) is 4.16. The van der Waals surface area contributed by atoms with Crippen LogP contribution in [0, 0.1) is 5.82 Å².